The predicted molar refractivity (Wildman–Crippen MR) is 107 cm³/mol. The minimum atomic E-state index is -4.79. The van der Waals surface area contributed by atoms with Gasteiger partial charge in [0.15, 0.2) is 11.4 Å². The number of nitrogens with one attached hydrogen (secondary N) is 2. The number of aromatic amines is 1. The molecule has 0 aliphatic carbocycles. The van der Waals surface area contributed by atoms with Gasteiger partial charge in [0.25, 0.3) is 0 Å². The van der Waals surface area contributed by atoms with E-state index in [1.54, 1.807) is 19.3 Å². The lowest BCUT2D eigenvalue weighted by molar-refractivity contribution is -0.106. The van der Waals surface area contributed by atoms with Crippen LogP contribution in [0.4, 0.5) is 19.0 Å². The molecular weight excluding hydrogens is 421 g/mol. The van der Waals surface area contributed by atoms with Crippen LogP contribution in [0.25, 0.3) is 21.9 Å². The van der Waals surface area contributed by atoms with Crippen molar-refractivity contribution in [1.29, 1.82) is 0 Å². The van der Waals surface area contributed by atoms with Crippen molar-refractivity contribution in [3.63, 3.8) is 0 Å². The fraction of sp³-hybridized carbons (Fsp3) is 0.500. The first-order chi connectivity index (χ1) is 14.0. The highest BCUT2D eigenvalue weighted by Crippen LogP contribution is 2.33. The summed E-state index contributed by atoms with van der Waals surface area (Å²) in [6.07, 6.45) is -0.427. The molecule has 2 N–H and O–H groups in total. The van der Waals surface area contributed by atoms with E-state index in [0.29, 0.717) is 30.1 Å². The number of hydrogen-bond acceptors (Lipinski definition) is 6. The molecule has 3 aromatic rings. The van der Waals surface area contributed by atoms with Crippen LogP contribution in [0.3, 0.4) is 0 Å². The standard InChI is InChI=1S/C18H21F3N6O2S/c1-10-3-4-12(26-30(28,29)9-18(19,20)21)8-27(10)17-15-13-5-6-22-16(13)23-7-14(15)24-11(2)25-17/h5-7,10,12,26H,3-4,8-9H2,1-2H3,(H,24,25). The van der Waals surface area contributed by atoms with Gasteiger partial charge in [0, 0.05) is 30.2 Å². The van der Waals surface area contributed by atoms with Crippen molar-refractivity contribution >= 4 is 37.8 Å². The molecule has 0 aromatic carbocycles. The van der Waals surface area contributed by atoms with Crippen LogP contribution in [0.15, 0.2) is 18.5 Å². The van der Waals surface area contributed by atoms with Crippen molar-refractivity contribution in [2.24, 2.45) is 0 Å². The smallest absolute Gasteiger partial charge is 0.352 e. The van der Waals surface area contributed by atoms with Gasteiger partial charge in [-0.1, -0.05) is 0 Å². The second kappa shape index (κ2) is 7.34. The molecule has 1 fully saturated rings. The molecule has 3 aromatic heterocycles. The number of aromatic nitrogens is 4. The van der Waals surface area contributed by atoms with E-state index in [4.69, 9.17) is 0 Å². The Bertz CT molecular complexity index is 1190. The lowest BCUT2D eigenvalue weighted by atomic mass is 9.99. The Labute approximate surface area is 171 Å². The molecule has 2 unspecified atom stereocenters. The molecule has 0 amide bonds. The molecule has 30 heavy (non-hydrogen) atoms. The van der Waals surface area contributed by atoms with Crippen molar-refractivity contribution in [1.82, 2.24) is 24.7 Å². The fourth-order valence-corrected chi connectivity index (χ4v) is 5.16. The number of sulfonamides is 1. The minimum absolute atomic E-state index is 0.0250. The van der Waals surface area contributed by atoms with Gasteiger partial charge in [0.1, 0.15) is 11.6 Å². The molecule has 0 radical (unpaired) electrons. The molecule has 1 saturated heterocycles. The molecule has 1 aliphatic rings. The molecule has 8 nitrogen and oxygen atoms in total. The quantitative estimate of drug-likeness (QED) is 0.644. The summed E-state index contributed by atoms with van der Waals surface area (Å²) in [6.45, 7) is 4.00. The van der Waals surface area contributed by atoms with Crippen molar-refractivity contribution in [3.8, 4) is 0 Å². The first-order valence-electron chi connectivity index (χ1n) is 9.46. The molecule has 2 atom stereocenters. The van der Waals surface area contributed by atoms with Gasteiger partial charge in [-0.2, -0.15) is 13.2 Å². The first-order valence-corrected chi connectivity index (χ1v) is 11.1. The molecule has 0 saturated carbocycles. The number of hydrogen-bond donors (Lipinski definition) is 2. The highest BCUT2D eigenvalue weighted by atomic mass is 32.2. The number of piperidine rings is 1. The summed E-state index contributed by atoms with van der Waals surface area (Å²) < 4.78 is 63.9. The number of rotatable bonds is 4. The van der Waals surface area contributed by atoms with Crippen LogP contribution < -0.4 is 9.62 Å². The molecule has 12 heteroatoms. The van der Waals surface area contributed by atoms with Gasteiger partial charge < -0.3 is 9.88 Å². The Morgan fingerprint density at radius 3 is 2.80 bits per heavy atom. The molecule has 4 rings (SSSR count). The number of nitrogens with zero attached hydrogens (tertiary/aromatic N) is 4. The number of aryl methyl sites for hydroxylation is 1. The second-order valence-corrected chi connectivity index (χ2v) is 9.40. The zero-order valence-electron chi connectivity index (χ0n) is 16.4. The third kappa shape index (κ3) is 4.19. The predicted octanol–water partition coefficient (Wildman–Crippen LogP) is 2.65. The molecule has 0 spiro atoms. The summed E-state index contributed by atoms with van der Waals surface area (Å²) >= 11 is 0. The highest BCUT2D eigenvalue weighted by Gasteiger charge is 2.37. The van der Waals surface area contributed by atoms with E-state index >= 15 is 0 Å². The van der Waals surface area contributed by atoms with Gasteiger partial charge in [0.05, 0.1) is 17.1 Å². The Hall–Kier alpha value is -2.47. The van der Waals surface area contributed by atoms with Gasteiger partial charge >= 0.3 is 6.18 Å². The first kappa shape index (κ1) is 20.8. The third-order valence-corrected chi connectivity index (χ3v) is 6.60. The van der Waals surface area contributed by atoms with E-state index in [1.165, 1.54) is 0 Å². The summed E-state index contributed by atoms with van der Waals surface area (Å²) in [6, 6.07) is 1.21. The average molecular weight is 442 g/mol. The lowest BCUT2D eigenvalue weighted by Crippen LogP contribution is -2.52. The number of alkyl halides is 3. The van der Waals surface area contributed by atoms with Crippen LogP contribution in [0.2, 0.25) is 0 Å². The Morgan fingerprint density at radius 2 is 2.07 bits per heavy atom. The summed E-state index contributed by atoms with van der Waals surface area (Å²) in [5.41, 5.74) is 1.32. The number of H-pyrrole nitrogens is 1. The van der Waals surface area contributed by atoms with Gasteiger partial charge in [-0.15, -0.1) is 0 Å². The van der Waals surface area contributed by atoms with Crippen molar-refractivity contribution in [2.45, 2.75) is 44.9 Å². The Morgan fingerprint density at radius 1 is 1.30 bits per heavy atom. The lowest BCUT2D eigenvalue weighted by Gasteiger charge is -2.39. The maximum atomic E-state index is 12.6. The zero-order valence-corrected chi connectivity index (χ0v) is 17.2. The molecule has 1 aliphatic heterocycles. The summed E-state index contributed by atoms with van der Waals surface area (Å²) in [7, 11) is -4.49. The number of fused-ring (bicyclic) bond motifs is 3. The number of anilines is 1. The Balaban J connectivity index is 1.71. The number of halogens is 3. The van der Waals surface area contributed by atoms with Crippen LogP contribution in [0.5, 0.6) is 0 Å². The minimum Gasteiger partial charge on any atom is -0.352 e. The van der Waals surface area contributed by atoms with Gasteiger partial charge in [-0.05, 0) is 32.8 Å². The number of pyridine rings is 1. The van der Waals surface area contributed by atoms with Gasteiger partial charge in [-0.25, -0.2) is 28.1 Å². The topological polar surface area (TPSA) is 104 Å². The third-order valence-electron chi connectivity index (χ3n) is 5.20. The summed E-state index contributed by atoms with van der Waals surface area (Å²) in [4.78, 5) is 18.3. The largest absolute Gasteiger partial charge is 0.404 e. The maximum Gasteiger partial charge on any atom is 0.404 e. The van der Waals surface area contributed by atoms with E-state index in [9.17, 15) is 21.6 Å². The van der Waals surface area contributed by atoms with E-state index in [2.05, 4.69) is 24.7 Å². The zero-order chi connectivity index (χ0) is 21.7. The van der Waals surface area contributed by atoms with Crippen LogP contribution >= 0.6 is 0 Å². The van der Waals surface area contributed by atoms with Gasteiger partial charge in [0.2, 0.25) is 10.0 Å². The van der Waals surface area contributed by atoms with E-state index < -0.39 is 28.0 Å². The summed E-state index contributed by atoms with van der Waals surface area (Å²) in [5, 5.41) is 1.60. The van der Waals surface area contributed by atoms with Crippen LogP contribution in [-0.2, 0) is 10.0 Å². The fourth-order valence-electron chi connectivity index (χ4n) is 3.95. The average Bonchev–Trinajstić information content (AvgIpc) is 3.09. The van der Waals surface area contributed by atoms with Crippen molar-refractivity contribution in [2.75, 3.05) is 17.2 Å². The van der Waals surface area contributed by atoms with Crippen molar-refractivity contribution < 1.29 is 21.6 Å². The van der Waals surface area contributed by atoms with Crippen LogP contribution in [-0.4, -0.2) is 58.9 Å². The van der Waals surface area contributed by atoms with E-state index in [1.807, 2.05) is 17.9 Å². The van der Waals surface area contributed by atoms with Crippen molar-refractivity contribution in [3.05, 3.63) is 24.3 Å². The van der Waals surface area contributed by atoms with E-state index in [-0.39, 0.29) is 12.6 Å². The summed E-state index contributed by atoms with van der Waals surface area (Å²) in [5.74, 6) is -0.614. The molecule has 4 heterocycles. The second-order valence-electron chi connectivity index (χ2n) is 7.64. The maximum absolute atomic E-state index is 12.6. The SMILES string of the molecule is Cc1nc(N2CC(NS(=O)(=O)CC(F)(F)F)CCC2C)c2c(cnc3nccc32)[nH]1. The normalized spacial score (nSPS) is 20.9. The molecular formula is C18H21F3N6O2S. The Kier molecular flexibility index (Phi) is 5.09. The highest BCUT2D eigenvalue weighted by molar-refractivity contribution is 7.89. The molecule has 162 valence electrons. The van der Waals surface area contributed by atoms with Crippen LogP contribution in [0.1, 0.15) is 25.6 Å². The van der Waals surface area contributed by atoms with E-state index in [0.717, 1.165) is 16.3 Å². The monoisotopic (exact) mass is 442 g/mol. The molecule has 0 bridgehead atoms. The van der Waals surface area contributed by atoms with Crippen LogP contribution in [0, 0.1) is 6.92 Å². The van der Waals surface area contributed by atoms with Gasteiger partial charge in [-0.3, -0.25) is 0 Å².